The van der Waals surface area contributed by atoms with Crippen LogP contribution in [-0.2, 0) is 10.0 Å². The van der Waals surface area contributed by atoms with Gasteiger partial charge in [0.1, 0.15) is 0 Å². The molecule has 1 aliphatic rings. The van der Waals surface area contributed by atoms with Crippen LogP contribution in [0.25, 0.3) is 0 Å². The molecule has 0 aliphatic heterocycles. The standard InChI is InChI=1S/C11H23NO3S2/c1-16-11-6-4-10(5-7-11)12-17(14,15)9-3-2-8-13/h10-13H,2-9H2,1H3. The van der Waals surface area contributed by atoms with E-state index < -0.39 is 10.0 Å². The molecule has 1 aliphatic carbocycles. The van der Waals surface area contributed by atoms with E-state index in [1.54, 1.807) is 0 Å². The number of hydrogen-bond acceptors (Lipinski definition) is 4. The van der Waals surface area contributed by atoms with Gasteiger partial charge in [0.05, 0.1) is 5.75 Å². The van der Waals surface area contributed by atoms with E-state index in [0.717, 1.165) is 25.7 Å². The smallest absolute Gasteiger partial charge is 0.211 e. The summed E-state index contributed by atoms with van der Waals surface area (Å²) in [6, 6.07) is 0.123. The van der Waals surface area contributed by atoms with Crippen LogP contribution in [0.1, 0.15) is 38.5 Å². The molecule has 2 N–H and O–H groups in total. The van der Waals surface area contributed by atoms with E-state index in [2.05, 4.69) is 11.0 Å². The summed E-state index contributed by atoms with van der Waals surface area (Å²) in [6.07, 6.45) is 7.31. The van der Waals surface area contributed by atoms with Gasteiger partial charge in [0.15, 0.2) is 0 Å². The van der Waals surface area contributed by atoms with Crippen LogP contribution in [0.15, 0.2) is 0 Å². The number of thioether (sulfide) groups is 1. The average Bonchev–Trinajstić information content (AvgIpc) is 2.30. The zero-order chi connectivity index (χ0) is 12.7. The highest BCUT2D eigenvalue weighted by Crippen LogP contribution is 2.27. The molecule has 17 heavy (non-hydrogen) atoms. The van der Waals surface area contributed by atoms with Crippen LogP contribution < -0.4 is 4.72 Å². The van der Waals surface area contributed by atoms with E-state index in [0.29, 0.717) is 18.1 Å². The molecule has 4 nitrogen and oxygen atoms in total. The average molecular weight is 281 g/mol. The summed E-state index contributed by atoms with van der Waals surface area (Å²) in [4.78, 5) is 0. The van der Waals surface area contributed by atoms with Crippen LogP contribution in [0.4, 0.5) is 0 Å². The number of rotatable bonds is 7. The number of aliphatic hydroxyl groups is 1. The lowest BCUT2D eigenvalue weighted by molar-refractivity contribution is 0.287. The normalized spacial score (nSPS) is 26.0. The lowest BCUT2D eigenvalue weighted by Gasteiger charge is -2.27. The Balaban J connectivity index is 2.28. The molecule has 6 heteroatoms. The van der Waals surface area contributed by atoms with E-state index in [-0.39, 0.29) is 18.4 Å². The van der Waals surface area contributed by atoms with Crippen LogP contribution in [0.5, 0.6) is 0 Å². The van der Waals surface area contributed by atoms with Crippen molar-refractivity contribution in [1.29, 1.82) is 0 Å². The minimum atomic E-state index is -3.15. The fourth-order valence-electron chi connectivity index (χ4n) is 2.13. The highest BCUT2D eigenvalue weighted by molar-refractivity contribution is 7.99. The van der Waals surface area contributed by atoms with Gasteiger partial charge in [-0.05, 0) is 44.8 Å². The Morgan fingerprint density at radius 3 is 2.41 bits per heavy atom. The molecule has 0 saturated heterocycles. The molecule has 0 amide bonds. The van der Waals surface area contributed by atoms with Gasteiger partial charge in [0, 0.05) is 17.9 Å². The molecular formula is C11H23NO3S2. The Labute approximate surface area is 109 Å². The molecule has 0 spiro atoms. The maximum absolute atomic E-state index is 11.7. The Bertz CT molecular complexity index is 298. The number of hydrogen-bond donors (Lipinski definition) is 2. The van der Waals surface area contributed by atoms with Gasteiger partial charge in [-0.3, -0.25) is 0 Å². The summed E-state index contributed by atoms with van der Waals surface area (Å²) >= 11 is 1.88. The molecule has 0 radical (unpaired) electrons. The topological polar surface area (TPSA) is 66.4 Å². The highest BCUT2D eigenvalue weighted by Gasteiger charge is 2.23. The van der Waals surface area contributed by atoms with Gasteiger partial charge in [-0.1, -0.05) is 0 Å². The fourth-order valence-corrected chi connectivity index (χ4v) is 4.32. The predicted molar refractivity (Wildman–Crippen MR) is 72.8 cm³/mol. The third-order valence-electron chi connectivity index (χ3n) is 3.17. The fraction of sp³-hybridized carbons (Fsp3) is 1.00. The highest BCUT2D eigenvalue weighted by atomic mass is 32.2. The summed E-state index contributed by atoms with van der Waals surface area (Å²) in [7, 11) is -3.15. The Morgan fingerprint density at radius 2 is 1.88 bits per heavy atom. The van der Waals surface area contributed by atoms with Gasteiger partial charge in [-0.2, -0.15) is 11.8 Å². The molecule has 102 valence electrons. The predicted octanol–water partition coefficient (Wildman–Crippen LogP) is 1.35. The first-order valence-corrected chi connectivity index (χ1v) is 9.15. The van der Waals surface area contributed by atoms with Crippen molar-refractivity contribution >= 4 is 21.8 Å². The van der Waals surface area contributed by atoms with E-state index in [1.165, 1.54) is 0 Å². The third-order valence-corrected chi connectivity index (χ3v) is 5.83. The minimum Gasteiger partial charge on any atom is -0.396 e. The number of nitrogens with one attached hydrogen (secondary N) is 1. The lowest BCUT2D eigenvalue weighted by Crippen LogP contribution is -2.39. The molecule has 0 bridgehead atoms. The van der Waals surface area contributed by atoms with Crippen molar-refractivity contribution < 1.29 is 13.5 Å². The second kappa shape index (κ2) is 7.61. The summed E-state index contributed by atoms with van der Waals surface area (Å²) in [5, 5.41) is 9.32. The molecule has 0 aromatic carbocycles. The Hall–Kier alpha value is 0.220. The number of unbranched alkanes of at least 4 members (excludes halogenated alkanes) is 1. The van der Waals surface area contributed by atoms with Crippen molar-refractivity contribution in [2.75, 3.05) is 18.6 Å². The molecular weight excluding hydrogens is 258 g/mol. The number of sulfonamides is 1. The van der Waals surface area contributed by atoms with Gasteiger partial charge in [0.25, 0.3) is 0 Å². The molecule has 1 fully saturated rings. The van der Waals surface area contributed by atoms with E-state index in [4.69, 9.17) is 5.11 Å². The van der Waals surface area contributed by atoms with Crippen LogP contribution in [-0.4, -0.2) is 43.4 Å². The van der Waals surface area contributed by atoms with Crippen molar-refractivity contribution in [2.45, 2.75) is 49.8 Å². The molecule has 0 heterocycles. The third kappa shape index (κ3) is 6.08. The molecule has 0 unspecified atom stereocenters. The molecule has 1 rings (SSSR count). The van der Waals surface area contributed by atoms with Crippen LogP contribution in [0.3, 0.4) is 0 Å². The molecule has 1 saturated carbocycles. The minimum absolute atomic E-state index is 0.0638. The zero-order valence-corrected chi connectivity index (χ0v) is 12.0. The summed E-state index contributed by atoms with van der Waals surface area (Å²) < 4.78 is 26.2. The van der Waals surface area contributed by atoms with Gasteiger partial charge in [0.2, 0.25) is 10.0 Å². The van der Waals surface area contributed by atoms with Crippen LogP contribution in [0, 0.1) is 0 Å². The first-order chi connectivity index (χ1) is 8.07. The van der Waals surface area contributed by atoms with Crippen molar-refractivity contribution in [2.24, 2.45) is 0 Å². The SMILES string of the molecule is CSC1CCC(NS(=O)(=O)CCCCO)CC1. The zero-order valence-electron chi connectivity index (χ0n) is 10.4. The lowest BCUT2D eigenvalue weighted by atomic mass is 9.96. The summed E-state index contributed by atoms with van der Waals surface area (Å²) in [5.74, 6) is 0.135. The van der Waals surface area contributed by atoms with E-state index >= 15 is 0 Å². The quantitative estimate of drug-likeness (QED) is 0.691. The van der Waals surface area contributed by atoms with Crippen molar-refractivity contribution in [3.05, 3.63) is 0 Å². The van der Waals surface area contributed by atoms with Crippen molar-refractivity contribution in [1.82, 2.24) is 4.72 Å². The van der Waals surface area contributed by atoms with Crippen LogP contribution >= 0.6 is 11.8 Å². The molecule has 0 atom stereocenters. The second-order valence-corrected chi connectivity index (χ2v) is 7.59. The monoisotopic (exact) mass is 281 g/mol. The molecule has 0 aromatic rings. The summed E-state index contributed by atoms with van der Waals surface area (Å²) in [5.41, 5.74) is 0. The van der Waals surface area contributed by atoms with Crippen molar-refractivity contribution in [3.8, 4) is 0 Å². The van der Waals surface area contributed by atoms with Gasteiger partial charge >= 0.3 is 0 Å². The number of aliphatic hydroxyl groups excluding tert-OH is 1. The van der Waals surface area contributed by atoms with Gasteiger partial charge < -0.3 is 5.11 Å². The van der Waals surface area contributed by atoms with Gasteiger partial charge in [-0.15, -0.1) is 0 Å². The first kappa shape index (κ1) is 15.3. The largest absolute Gasteiger partial charge is 0.396 e. The Kier molecular flexibility index (Phi) is 6.84. The van der Waals surface area contributed by atoms with Gasteiger partial charge in [-0.25, -0.2) is 13.1 Å². The van der Waals surface area contributed by atoms with Crippen molar-refractivity contribution in [3.63, 3.8) is 0 Å². The van der Waals surface area contributed by atoms with Crippen LogP contribution in [0.2, 0.25) is 0 Å². The Morgan fingerprint density at radius 1 is 1.24 bits per heavy atom. The molecule has 0 aromatic heterocycles. The maximum atomic E-state index is 11.7. The van der Waals surface area contributed by atoms with E-state index in [1.807, 2.05) is 11.8 Å². The second-order valence-electron chi connectivity index (χ2n) is 4.58. The summed E-state index contributed by atoms with van der Waals surface area (Å²) in [6.45, 7) is 0.0638. The van der Waals surface area contributed by atoms with E-state index in [9.17, 15) is 8.42 Å². The first-order valence-electron chi connectivity index (χ1n) is 6.21. The maximum Gasteiger partial charge on any atom is 0.211 e.